The molecule has 1 fully saturated rings. The van der Waals surface area contributed by atoms with Crippen LogP contribution in [0.1, 0.15) is 55.7 Å². The molecular weight excluding hydrogens is 309 g/mol. The number of hydrogen-bond donors (Lipinski definition) is 1. The number of benzene rings is 1. The topological polar surface area (TPSA) is 58.4 Å². The summed E-state index contributed by atoms with van der Waals surface area (Å²) in [5, 5.41) is 7.04. The highest BCUT2D eigenvalue weighted by molar-refractivity contribution is 5.75. The first-order valence-corrected chi connectivity index (χ1v) is 8.30. The van der Waals surface area contributed by atoms with Gasteiger partial charge in [0.05, 0.1) is 6.04 Å². The lowest BCUT2D eigenvalue weighted by molar-refractivity contribution is 0.190. The predicted molar refractivity (Wildman–Crippen MR) is 87.9 cm³/mol. The number of rotatable bonds is 4. The summed E-state index contributed by atoms with van der Waals surface area (Å²) in [6.07, 6.45) is 1.83. The van der Waals surface area contributed by atoms with Gasteiger partial charge in [0.15, 0.2) is 0 Å². The van der Waals surface area contributed by atoms with Crippen LogP contribution < -0.4 is 5.32 Å². The highest BCUT2D eigenvalue weighted by Crippen LogP contribution is 2.32. The van der Waals surface area contributed by atoms with Crippen LogP contribution in [0.4, 0.5) is 9.18 Å². The fourth-order valence-corrected chi connectivity index (χ4v) is 2.93. The number of amides is 2. The first-order chi connectivity index (χ1) is 11.5. The van der Waals surface area contributed by atoms with Crippen molar-refractivity contribution in [2.75, 3.05) is 6.54 Å². The highest BCUT2D eigenvalue weighted by atomic mass is 19.1. The molecule has 0 bridgehead atoms. The van der Waals surface area contributed by atoms with Gasteiger partial charge in [0.25, 0.3) is 0 Å². The second kappa shape index (κ2) is 7.03. The van der Waals surface area contributed by atoms with Gasteiger partial charge >= 0.3 is 6.03 Å². The summed E-state index contributed by atoms with van der Waals surface area (Å²) in [4.78, 5) is 14.3. The molecule has 0 spiro atoms. The minimum absolute atomic E-state index is 0.0468. The van der Waals surface area contributed by atoms with Gasteiger partial charge in [-0.1, -0.05) is 31.1 Å². The zero-order chi connectivity index (χ0) is 17.1. The van der Waals surface area contributed by atoms with Crippen LogP contribution >= 0.6 is 0 Å². The molecule has 6 heteroatoms. The highest BCUT2D eigenvalue weighted by Gasteiger charge is 2.32. The van der Waals surface area contributed by atoms with E-state index in [4.69, 9.17) is 4.52 Å². The Morgan fingerprint density at radius 1 is 1.42 bits per heavy atom. The van der Waals surface area contributed by atoms with E-state index in [1.165, 1.54) is 12.1 Å². The maximum absolute atomic E-state index is 12.9. The Labute approximate surface area is 140 Å². The normalized spacial score (nSPS) is 17.5. The van der Waals surface area contributed by atoms with Gasteiger partial charge in [-0.25, -0.2) is 9.18 Å². The molecule has 0 aliphatic carbocycles. The van der Waals surface area contributed by atoms with Crippen LogP contribution in [-0.2, 0) is 6.54 Å². The molecule has 2 heterocycles. The lowest BCUT2D eigenvalue weighted by Gasteiger charge is -2.23. The SMILES string of the molecule is CC(C)c1cc(C2CCCN2C(=O)NCc2ccc(F)cc2)no1. The first-order valence-electron chi connectivity index (χ1n) is 8.30. The Kier molecular flexibility index (Phi) is 4.83. The van der Waals surface area contributed by atoms with Crippen LogP contribution in [0.15, 0.2) is 34.9 Å². The molecule has 1 aromatic heterocycles. The van der Waals surface area contributed by atoms with Crippen LogP contribution in [0.2, 0.25) is 0 Å². The van der Waals surface area contributed by atoms with E-state index in [9.17, 15) is 9.18 Å². The molecule has 1 saturated heterocycles. The Bertz CT molecular complexity index is 697. The second-order valence-corrected chi connectivity index (χ2v) is 6.45. The van der Waals surface area contributed by atoms with Gasteiger partial charge in [0, 0.05) is 25.1 Å². The Morgan fingerprint density at radius 2 is 2.17 bits per heavy atom. The number of urea groups is 1. The molecule has 24 heavy (non-hydrogen) atoms. The fraction of sp³-hybridized carbons (Fsp3) is 0.444. The Balaban J connectivity index is 1.63. The van der Waals surface area contributed by atoms with Gasteiger partial charge in [-0.15, -0.1) is 0 Å². The molecule has 0 saturated carbocycles. The third-order valence-corrected chi connectivity index (χ3v) is 4.33. The Morgan fingerprint density at radius 3 is 2.83 bits per heavy atom. The van der Waals surface area contributed by atoms with Crippen LogP contribution in [0.3, 0.4) is 0 Å². The minimum atomic E-state index is -0.281. The molecular formula is C18H22FN3O2. The molecule has 1 aliphatic rings. The van der Waals surface area contributed by atoms with E-state index >= 15 is 0 Å². The van der Waals surface area contributed by atoms with Gasteiger partial charge in [-0.3, -0.25) is 0 Å². The number of halogens is 1. The van der Waals surface area contributed by atoms with Gasteiger partial charge in [-0.2, -0.15) is 0 Å². The zero-order valence-corrected chi connectivity index (χ0v) is 14.0. The van der Waals surface area contributed by atoms with Crippen LogP contribution in [0.25, 0.3) is 0 Å². The van der Waals surface area contributed by atoms with Crippen molar-refractivity contribution in [3.05, 3.63) is 53.2 Å². The van der Waals surface area contributed by atoms with Gasteiger partial charge in [0.2, 0.25) is 0 Å². The van der Waals surface area contributed by atoms with Gasteiger partial charge in [0.1, 0.15) is 17.3 Å². The molecule has 3 rings (SSSR count). The quantitative estimate of drug-likeness (QED) is 0.922. The van der Waals surface area contributed by atoms with Crippen molar-refractivity contribution >= 4 is 6.03 Å². The molecule has 1 N–H and O–H groups in total. The maximum Gasteiger partial charge on any atom is 0.318 e. The third-order valence-electron chi connectivity index (χ3n) is 4.33. The fourth-order valence-electron chi connectivity index (χ4n) is 2.93. The summed E-state index contributed by atoms with van der Waals surface area (Å²) in [6.45, 7) is 5.17. The number of nitrogens with one attached hydrogen (secondary N) is 1. The molecule has 5 nitrogen and oxygen atoms in total. The molecule has 1 aromatic carbocycles. The minimum Gasteiger partial charge on any atom is -0.361 e. The average molecular weight is 331 g/mol. The summed E-state index contributed by atoms with van der Waals surface area (Å²) < 4.78 is 18.3. The maximum atomic E-state index is 12.9. The van der Waals surface area contributed by atoms with E-state index in [0.717, 1.165) is 29.9 Å². The van der Waals surface area contributed by atoms with E-state index in [0.29, 0.717) is 13.1 Å². The number of aromatic nitrogens is 1. The number of carbonyl (C=O) groups is 1. The molecule has 1 unspecified atom stereocenters. The predicted octanol–water partition coefficient (Wildman–Crippen LogP) is 3.98. The monoisotopic (exact) mass is 331 g/mol. The summed E-state index contributed by atoms with van der Waals surface area (Å²) in [5.41, 5.74) is 1.68. The van der Waals surface area contributed by atoms with Crippen molar-refractivity contribution in [3.8, 4) is 0 Å². The smallest absolute Gasteiger partial charge is 0.318 e. The molecule has 1 atom stereocenters. The van der Waals surface area contributed by atoms with E-state index in [-0.39, 0.29) is 23.8 Å². The number of nitrogens with zero attached hydrogens (tertiary/aromatic N) is 2. The first kappa shape index (κ1) is 16.5. The lowest BCUT2D eigenvalue weighted by atomic mass is 10.1. The third kappa shape index (κ3) is 3.58. The van der Waals surface area contributed by atoms with Gasteiger partial charge in [-0.05, 0) is 30.5 Å². The van der Waals surface area contributed by atoms with Crippen LogP contribution in [-0.4, -0.2) is 22.6 Å². The summed E-state index contributed by atoms with van der Waals surface area (Å²) in [5.74, 6) is 0.827. The Hall–Kier alpha value is -2.37. The van der Waals surface area contributed by atoms with E-state index in [2.05, 4.69) is 10.5 Å². The molecule has 2 aromatic rings. The van der Waals surface area contributed by atoms with Crippen molar-refractivity contribution in [3.63, 3.8) is 0 Å². The summed E-state index contributed by atoms with van der Waals surface area (Å²) in [6, 6.07) is 7.89. The van der Waals surface area contributed by atoms with E-state index in [1.807, 2.05) is 19.9 Å². The van der Waals surface area contributed by atoms with Crippen molar-refractivity contribution in [1.82, 2.24) is 15.4 Å². The number of carbonyl (C=O) groups excluding carboxylic acids is 1. The van der Waals surface area contributed by atoms with Crippen LogP contribution in [0, 0.1) is 5.82 Å². The molecule has 0 radical (unpaired) electrons. The number of likely N-dealkylation sites (tertiary alicyclic amines) is 1. The van der Waals surface area contributed by atoms with E-state index < -0.39 is 0 Å². The van der Waals surface area contributed by atoms with Crippen molar-refractivity contribution in [2.24, 2.45) is 0 Å². The van der Waals surface area contributed by atoms with E-state index in [1.54, 1.807) is 17.0 Å². The lowest BCUT2D eigenvalue weighted by Crippen LogP contribution is -2.39. The summed E-state index contributed by atoms with van der Waals surface area (Å²) >= 11 is 0. The molecule has 128 valence electrons. The second-order valence-electron chi connectivity index (χ2n) is 6.45. The standard InChI is InChI=1S/C18H22FN3O2/c1-12(2)17-10-15(21-24-17)16-4-3-9-22(16)18(23)20-11-13-5-7-14(19)8-6-13/h5-8,10,12,16H,3-4,9,11H2,1-2H3,(H,20,23). The largest absolute Gasteiger partial charge is 0.361 e. The number of hydrogen-bond acceptors (Lipinski definition) is 3. The molecule has 2 amide bonds. The van der Waals surface area contributed by atoms with Gasteiger partial charge < -0.3 is 14.7 Å². The summed E-state index contributed by atoms with van der Waals surface area (Å²) in [7, 11) is 0. The average Bonchev–Trinajstić information content (AvgIpc) is 3.22. The zero-order valence-electron chi connectivity index (χ0n) is 14.0. The van der Waals surface area contributed by atoms with Crippen LogP contribution in [0.5, 0.6) is 0 Å². The van der Waals surface area contributed by atoms with Crippen molar-refractivity contribution in [2.45, 2.75) is 45.2 Å². The van der Waals surface area contributed by atoms with Crippen molar-refractivity contribution < 1.29 is 13.7 Å². The van der Waals surface area contributed by atoms with Crippen molar-refractivity contribution in [1.29, 1.82) is 0 Å². The molecule has 1 aliphatic heterocycles.